The third-order valence-electron chi connectivity index (χ3n) is 5.32. The molecule has 0 saturated heterocycles. The van der Waals surface area contributed by atoms with Crippen molar-refractivity contribution >= 4 is 33.8 Å². The Morgan fingerprint density at radius 2 is 2.00 bits per heavy atom. The summed E-state index contributed by atoms with van der Waals surface area (Å²) in [6.45, 7) is 1.97. The lowest BCUT2D eigenvalue weighted by Gasteiger charge is -2.25. The largest absolute Gasteiger partial charge is 0.457 e. The predicted octanol–water partition coefficient (Wildman–Crippen LogP) is 5.70. The maximum atomic E-state index is 12.8. The van der Waals surface area contributed by atoms with Crippen LogP contribution in [0.5, 0.6) is 0 Å². The fraction of sp³-hybridized carbons (Fsp3) is 0.286. The van der Waals surface area contributed by atoms with E-state index >= 15 is 0 Å². The molecule has 1 aromatic carbocycles. The lowest BCUT2D eigenvalue weighted by Crippen LogP contribution is -2.38. The second-order valence-electron chi connectivity index (χ2n) is 7.13. The van der Waals surface area contributed by atoms with Crippen LogP contribution < -0.4 is 10.6 Å². The molecule has 6 heteroatoms. The summed E-state index contributed by atoms with van der Waals surface area (Å²) in [7, 11) is 0. The fourth-order valence-corrected chi connectivity index (χ4v) is 5.33. The minimum absolute atomic E-state index is 0.00974. The first-order chi connectivity index (χ1) is 13.1. The van der Waals surface area contributed by atoms with Crippen molar-refractivity contribution < 1.29 is 9.21 Å². The Bertz CT molecular complexity index is 1050. The number of nitrogens with one attached hydrogen (secondary N) is 2. The first kappa shape index (κ1) is 16.9. The van der Waals surface area contributed by atoms with E-state index in [1.54, 1.807) is 11.3 Å². The Morgan fingerprint density at radius 1 is 1.15 bits per heavy atom. The second kappa shape index (κ2) is 6.43. The number of carbonyl (C=O) groups is 1. The summed E-state index contributed by atoms with van der Waals surface area (Å²) in [6.07, 6.45) is 4.08. The summed E-state index contributed by atoms with van der Waals surface area (Å²) in [4.78, 5) is 14.1. The van der Waals surface area contributed by atoms with Gasteiger partial charge in [-0.2, -0.15) is 0 Å². The van der Waals surface area contributed by atoms with Crippen molar-refractivity contribution in [3.63, 3.8) is 0 Å². The molecule has 0 radical (unpaired) electrons. The molecule has 1 atom stereocenters. The van der Waals surface area contributed by atoms with E-state index in [0.29, 0.717) is 10.8 Å². The van der Waals surface area contributed by atoms with Crippen molar-refractivity contribution in [1.29, 1.82) is 0 Å². The Hall–Kier alpha value is -2.24. The van der Waals surface area contributed by atoms with E-state index in [-0.39, 0.29) is 12.1 Å². The van der Waals surface area contributed by atoms with Gasteiger partial charge in [0.05, 0.1) is 5.56 Å². The van der Waals surface area contributed by atoms with Gasteiger partial charge in [0.15, 0.2) is 6.17 Å². The fourth-order valence-electron chi connectivity index (χ4n) is 3.83. The molecule has 1 amide bonds. The Morgan fingerprint density at radius 3 is 2.85 bits per heavy atom. The summed E-state index contributed by atoms with van der Waals surface area (Å²) in [5, 5.41) is 8.18. The van der Waals surface area contributed by atoms with Crippen molar-refractivity contribution in [1.82, 2.24) is 5.32 Å². The van der Waals surface area contributed by atoms with Crippen LogP contribution in [0.25, 0.3) is 11.3 Å². The number of hydrogen-bond acceptors (Lipinski definition) is 4. The van der Waals surface area contributed by atoms with Gasteiger partial charge in [-0.3, -0.25) is 4.79 Å². The molecule has 2 N–H and O–H groups in total. The highest BCUT2D eigenvalue weighted by Crippen LogP contribution is 2.42. The number of thiophene rings is 1. The molecule has 27 heavy (non-hydrogen) atoms. The molecule has 1 aliphatic carbocycles. The lowest BCUT2D eigenvalue weighted by molar-refractivity contribution is 0.0930. The van der Waals surface area contributed by atoms with Crippen molar-refractivity contribution in [2.45, 2.75) is 38.8 Å². The minimum Gasteiger partial charge on any atom is -0.457 e. The van der Waals surface area contributed by atoms with Crippen molar-refractivity contribution in [3.05, 3.63) is 62.7 Å². The van der Waals surface area contributed by atoms with Gasteiger partial charge in [-0.1, -0.05) is 23.7 Å². The zero-order valence-electron chi connectivity index (χ0n) is 14.9. The molecule has 2 aromatic heterocycles. The number of amides is 1. The normalized spacial score (nSPS) is 18.4. The van der Waals surface area contributed by atoms with Crippen molar-refractivity contribution in [2.24, 2.45) is 0 Å². The number of aryl methyl sites for hydroxylation is 2. The van der Waals surface area contributed by atoms with Gasteiger partial charge in [-0.15, -0.1) is 11.3 Å². The lowest BCUT2D eigenvalue weighted by atomic mass is 9.94. The van der Waals surface area contributed by atoms with Crippen LogP contribution in [0.3, 0.4) is 0 Å². The topological polar surface area (TPSA) is 54.3 Å². The molecule has 5 rings (SSSR count). The summed E-state index contributed by atoms with van der Waals surface area (Å²) < 4.78 is 6.04. The van der Waals surface area contributed by atoms with Crippen LogP contribution in [0.4, 0.5) is 5.00 Å². The molecule has 0 saturated carbocycles. The molecule has 0 fully saturated rings. The summed E-state index contributed by atoms with van der Waals surface area (Å²) >= 11 is 7.95. The third-order valence-corrected chi connectivity index (χ3v) is 6.95. The zero-order chi connectivity index (χ0) is 18.5. The average molecular weight is 399 g/mol. The van der Waals surface area contributed by atoms with Crippen LogP contribution in [0.1, 0.15) is 51.1 Å². The summed E-state index contributed by atoms with van der Waals surface area (Å²) in [5.41, 5.74) is 4.02. The molecule has 1 aliphatic heterocycles. The average Bonchev–Trinajstić information content (AvgIpc) is 3.28. The number of furan rings is 1. The SMILES string of the molecule is Cc1ccc(-c2ccc(C3NC(=O)c4c(sc5c4CCCC5)N3)o2)cc1Cl. The molecular formula is C21H19ClN2O2S. The van der Waals surface area contributed by atoms with E-state index in [9.17, 15) is 4.79 Å². The molecule has 3 heterocycles. The molecule has 1 unspecified atom stereocenters. The van der Waals surface area contributed by atoms with Gasteiger partial charge in [0.1, 0.15) is 16.5 Å². The van der Waals surface area contributed by atoms with E-state index < -0.39 is 0 Å². The van der Waals surface area contributed by atoms with Crippen molar-refractivity contribution in [2.75, 3.05) is 5.32 Å². The van der Waals surface area contributed by atoms with Crippen LogP contribution in [0, 0.1) is 6.92 Å². The molecule has 4 nitrogen and oxygen atoms in total. The van der Waals surface area contributed by atoms with Crippen LogP contribution in [-0.2, 0) is 12.8 Å². The smallest absolute Gasteiger partial charge is 0.256 e. The number of anilines is 1. The number of rotatable bonds is 2. The molecule has 138 valence electrons. The van der Waals surface area contributed by atoms with Gasteiger partial charge in [0.2, 0.25) is 0 Å². The zero-order valence-corrected chi connectivity index (χ0v) is 16.5. The maximum Gasteiger partial charge on any atom is 0.256 e. The quantitative estimate of drug-likeness (QED) is 0.581. The first-order valence-electron chi connectivity index (χ1n) is 9.18. The van der Waals surface area contributed by atoms with Gasteiger partial charge >= 0.3 is 0 Å². The van der Waals surface area contributed by atoms with E-state index in [0.717, 1.165) is 46.7 Å². The van der Waals surface area contributed by atoms with Gasteiger partial charge in [-0.05, 0) is 61.9 Å². The van der Waals surface area contributed by atoms with Crippen LogP contribution >= 0.6 is 22.9 Å². The maximum absolute atomic E-state index is 12.8. The minimum atomic E-state index is -0.361. The number of fused-ring (bicyclic) bond motifs is 3. The molecule has 3 aromatic rings. The van der Waals surface area contributed by atoms with Gasteiger partial charge < -0.3 is 15.1 Å². The highest BCUT2D eigenvalue weighted by atomic mass is 35.5. The summed E-state index contributed by atoms with van der Waals surface area (Å²) in [5.74, 6) is 1.41. The van der Waals surface area contributed by atoms with Crippen molar-refractivity contribution in [3.8, 4) is 11.3 Å². The number of benzene rings is 1. The van der Waals surface area contributed by atoms with Gasteiger partial charge in [0, 0.05) is 15.5 Å². The molecule has 2 aliphatic rings. The summed E-state index contributed by atoms with van der Waals surface area (Å²) in [6, 6.07) is 9.68. The van der Waals surface area contributed by atoms with E-state index in [1.807, 2.05) is 37.3 Å². The molecule has 0 bridgehead atoms. The van der Waals surface area contributed by atoms with E-state index in [1.165, 1.54) is 16.9 Å². The van der Waals surface area contributed by atoms with E-state index in [4.69, 9.17) is 16.0 Å². The highest BCUT2D eigenvalue weighted by molar-refractivity contribution is 7.16. The number of carbonyl (C=O) groups excluding carboxylic acids is 1. The monoisotopic (exact) mass is 398 g/mol. The Kier molecular flexibility index (Phi) is 4.02. The Balaban J connectivity index is 1.45. The van der Waals surface area contributed by atoms with E-state index in [2.05, 4.69) is 10.6 Å². The standard InChI is InChI=1S/C21H19ClN2O2S/c1-11-6-7-12(10-14(11)22)15-8-9-16(26-15)19-23-20(25)18-13-4-2-3-5-17(13)27-21(18)24-19/h6-10,19,24H,2-5H2,1H3,(H,23,25). The van der Waals surface area contributed by atoms with Gasteiger partial charge in [-0.25, -0.2) is 0 Å². The Labute approximate surface area is 166 Å². The predicted molar refractivity (Wildman–Crippen MR) is 109 cm³/mol. The van der Waals surface area contributed by atoms with Crippen LogP contribution in [0.2, 0.25) is 5.02 Å². The van der Waals surface area contributed by atoms with Crippen LogP contribution in [-0.4, -0.2) is 5.91 Å². The third kappa shape index (κ3) is 2.86. The molecule has 0 spiro atoms. The van der Waals surface area contributed by atoms with Gasteiger partial charge in [0.25, 0.3) is 5.91 Å². The van der Waals surface area contributed by atoms with Crippen LogP contribution in [0.15, 0.2) is 34.7 Å². The first-order valence-corrected chi connectivity index (χ1v) is 10.4. The second-order valence-corrected chi connectivity index (χ2v) is 8.64. The number of hydrogen-bond donors (Lipinski definition) is 2. The molecular weight excluding hydrogens is 380 g/mol. The highest BCUT2D eigenvalue weighted by Gasteiger charge is 2.33. The number of halogens is 1.